The Morgan fingerprint density at radius 2 is 2.00 bits per heavy atom. The van der Waals surface area contributed by atoms with Crippen LogP contribution in [0.3, 0.4) is 0 Å². The Balaban J connectivity index is 2.48. The average Bonchev–Trinajstić information content (AvgIpc) is 2.43. The number of nitro groups is 1. The summed E-state index contributed by atoms with van der Waals surface area (Å²) in [5.74, 6) is 0. The van der Waals surface area contributed by atoms with E-state index in [1.54, 1.807) is 6.07 Å². The van der Waals surface area contributed by atoms with Gasteiger partial charge in [0, 0.05) is 6.07 Å². The lowest BCUT2D eigenvalue weighted by molar-refractivity contribution is -0.385. The number of aryl methyl sites for hydroxylation is 1. The van der Waals surface area contributed by atoms with Crippen molar-refractivity contribution < 1.29 is 4.92 Å². The van der Waals surface area contributed by atoms with Gasteiger partial charge in [0.2, 0.25) is 0 Å². The predicted molar refractivity (Wildman–Crippen MR) is 72.4 cm³/mol. The van der Waals surface area contributed by atoms with E-state index < -0.39 is 10.5 Å². The second-order valence-electron chi connectivity index (χ2n) is 4.40. The zero-order valence-electron chi connectivity index (χ0n) is 10.7. The molecule has 0 bridgehead atoms. The van der Waals surface area contributed by atoms with Gasteiger partial charge >= 0.3 is 0 Å². The standard InChI is InChI=1S/C14H11N3O3/c1-10-2-4-11(5-3-10)8-16-9-13(17(19)20)6-12(7-15)14(16)18/h2-6,9H,8H2,1H3. The third-order valence-corrected chi connectivity index (χ3v) is 2.88. The zero-order valence-corrected chi connectivity index (χ0v) is 10.7. The maximum Gasteiger partial charge on any atom is 0.287 e. The molecule has 0 N–H and O–H groups in total. The lowest BCUT2D eigenvalue weighted by Gasteiger charge is -2.06. The minimum absolute atomic E-state index is 0.190. The smallest absolute Gasteiger partial charge is 0.287 e. The fraction of sp³-hybridized carbons (Fsp3) is 0.143. The predicted octanol–water partition coefficient (Wildman–Crippen LogP) is 1.98. The van der Waals surface area contributed by atoms with Crippen molar-refractivity contribution in [3.05, 3.63) is 73.7 Å². The van der Waals surface area contributed by atoms with Crippen molar-refractivity contribution in [1.29, 1.82) is 5.26 Å². The van der Waals surface area contributed by atoms with E-state index in [4.69, 9.17) is 5.26 Å². The van der Waals surface area contributed by atoms with Crippen molar-refractivity contribution in [3.63, 3.8) is 0 Å². The first kappa shape index (κ1) is 13.5. The highest BCUT2D eigenvalue weighted by molar-refractivity contribution is 5.38. The average molecular weight is 269 g/mol. The number of rotatable bonds is 3. The third kappa shape index (κ3) is 2.72. The van der Waals surface area contributed by atoms with E-state index in [-0.39, 0.29) is 17.8 Å². The second kappa shape index (κ2) is 5.36. The van der Waals surface area contributed by atoms with Gasteiger partial charge in [-0.1, -0.05) is 29.8 Å². The van der Waals surface area contributed by atoms with E-state index in [9.17, 15) is 14.9 Å². The van der Waals surface area contributed by atoms with Crippen LogP contribution in [-0.4, -0.2) is 9.49 Å². The molecular weight excluding hydrogens is 258 g/mol. The Kier molecular flexibility index (Phi) is 3.62. The van der Waals surface area contributed by atoms with Crippen LogP contribution < -0.4 is 5.56 Å². The fourth-order valence-electron chi connectivity index (χ4n) is 1.81. The van der Waals surface area contributed by atoms with Crippen molar-refractivity contribution in [2.24, 2.45) is 0 Å². The first-order valence-corrected chi connectivity index (χ1v) is 5.86. The van der Waals surface area contributed by atoms with Crippen LogP contribution in [0.5, 0.6) is 0 Å². The number of aromatic nitrogens is 1. The van der Waals surface area contributed by atoms with Crippen LogP contribution in [0.2, 0.25) is 0 Å². The largest absolute Gasteiger partial charge is 0.303 e. The van der Waals surface area contributed by atoms with Crippen LogP contribution in [0.4, 0.5) is 5.69 Å². The number of benzene rings is 1. The Morgan fingerprint density at radius 1 is 1.35 bits per heavy atom. The van der Waals surface area contributed by atoms with Gasteiger partial charge in [-0.15, -0.1) is 0 Å². The van der Waals surface area contributed by atoms with Crippen LogP contribution in [0.1, 0.15) is 16.7 Å². The highest BCUT2D eigenvalue weighted by atomic mass is 16.6. The molecule has 0 aliphatic carbocycles. The van der Waals surface area contributed by atoms with Gasteiger partial charge in [-0.2, -0.15) is 5.26 Å². The van der Waals surface area contributed by atoms with Gasteiger partial charge in [-0.3, -0.25) is 14.9 Å². The van der Waals surface area contributed by atoms with Crippen molar-refractivity contribution >= 4 is 5.69 Å². The first-order chi connectivity index (χ1) is 9.51. The molecule has 6 nitrogen and oxygen atoms in total. The van der Waals surface area contributed by atoms with Gasteiger partial charge in [0.05, 0.1) is 17.7 Å². The second-order valence-corrected chi connectivity index (χ2v) is 4.40. The molecule has 0 unspecified atom stereocenters. The van der Waals surface area contributed by atoms with Crippen LogP contribution in [-0.2, 0) is 6.54 Å². The van der Waals surface area contributed by atoms with Crippen molar-refractivity contribution in [2.45, 2.75) is 13.5 Å². The minimum atomic E-state index is -0.619. The topological polar surface area (TPSA) is 88.9 Å². The molecular formula is C14H11N3O3. The molecule has 0 fully saturated rings. The molecule has 1 aromatic heterocycles. The third-order valence-electron chi connectivity index (χ3n) is 2.88. The molecule has 6 heteroatoms. The fourth-order valence-corrected chi connectivity index (χ4v) is 1.81. The minimum Gasteiger partial charge on any atom is -0.303 e. The van der Waals surface area contributed by atoms with E-state index in [0.29, 0.717) is 0 Å². The van der Waals surface area contributed by atoms with Gasteiger partial charge in [0.1, 0.15) is 11.6 Å². The number of hydrogen-bond acceptors (Lipinski definition) is 4. The van der Waals surface area contributed by atoms with Gasteiger partial charge in [0.15, 0.2) is 0 Å². The summed E-state index contributed by atoms with van der Waals surface area (Å²) < 4.78 is 1.18. The Bertz CT molecular complexity index is 755. The van der Waals surface area contributed by atoms with Crippen molar-refractivity contribution in [1.82, 2.24) is 4.57 Å². The summed E-state index contributed by atoms with van der Waals surface area (Å²) in [6.45, 7) is 2.13. The summed E-state index contributed by atoms with van der Waals surface area (Å²) >= 11 is 0. The maximum absolute atomic E-state index is 12.0. The van der Waals surface area contributed by atoms with Gasteiger partial charge in [-0.05, 0) is 12.5 Å². The van der Waals surface area contributed by atoms with Crippen molar-refractivity contribution in [2.75, 3.05) is 0 Å². The SMILES string of the molecule is Cc1ccc(Cn2cc([N+](=O)[O-])cc(C#N)c2=O)cc1. The van der Waals surface area contributed by atoms with Gasteiger partial charge in [-0.25, -0.2) is 0 Å². The highest BCUT2D eigenvalue weighted by Gasteiger charge is 2.13. The molecule has 0 amide bonds. The summed E-state index contributed by atoms with van der Waals surface area (Å²) in [5.41, 5.74) is 0.887. The molecule has 0 radical (unpaired) electrons. The molecule has 1 heterocycles. The van der Waals surface area contributed by atoms with Crippen molar-refractivity contribution in [3.8, 4) is 6.07 Å². The summed E-state index contributed by atoms with van der Waals surface area (Å²) in [7, 11) is 0. The van der Waals surface area contributed by atoms with Crippen LogP contribution in [0.25, 0.3) is 0 Å². The highest BCUT2D eigenvalue weighted by Crippen LogP contribution is 2.11. The number of nitrogens with zero attached hydrogens (tertiary/aromatic N) is 3. The van der Waals surface area contributed by atoms with E-state index in [2.05, 4.69) is 0 Å². The molecule has 20 heavy (non-hydrogen) atoms. The summed E-state index contributed by atoms with van der Waals surface area (Å²) in [6, 6.07) is 10.1. The quantitative estimate of drug-likeness (QED) is 0.629. The summed E-state index contributed by atoms with van der Waals surface area (Å²) in [6.07, 6.45) is 1.16. The summed E-state index contributed by atoms with van der Waals surface area (Å²) in [5, 5.41) is 19.7. The van der Waals surface area contributed by atoms with E-state index >= 15 is 0 Å². The molecule has 0 saturated carbocycles. The normalized spacial score (nSPS) is 10.0. The number of pyridine rings is 1. The monoisotopic (exact) mass is 269 g/mol. The molecule has 100 valence electrons. The molecule has 2 aromatic rings. The Hall–Kier alpha value is -2.94. The van der Waals surface area contributed by atoms with E-state index in [1.807, 2.05) is 31.2 Å². The molecule has 2 rings (SSSR count). The molecule has 0 aliphatic rings. The van der Waals surface area contributed by atoms with Crippen LogP contribution in [0, 0.1) is 28.4 Å². The van der Waals surface area contributed by atoms with Gasteiger partial charge < -0.3 is 4.57 Å². The van der Waals surface area contributed by atoms with Crippen LogP contribution >= 0.6 is 0 Å². The number of nitriles is 1. The molecule has 0 aliphatic heterocycles. The molecule has 0 atom stereocenters. The Labute approximate surface area is 114 Å². The van der Waals surface area contributed by atoms with Gasteiger partial charge in [0.25, 0.3) is 11.2 Å². The Morgan fingerprint density at radius 3 is 2.55 bits per heavy atom. The van der Waals surface area contributed by atoms with E-state index in [1.165, 1.54) is 4.57 Å². The molecule has 0 saturated heterocycles. The molecule has 0 spiro atoms. The zero-order chi connectivity index (χ0) is 14.7. The maximum atomic E-state index is 12.0. The lowest BCUT2D eigenvalue weighted by Crippen LogP contribution is -2.23. The summed E-state index contributed by atoms with van der Waals surface area (Å²) in [4.78, 5) is 22.2. The molecule has 1 aromatic carbocycles. The van der Waals surface area contributed by atoms with E-state index in [0.717, 1.165) is 23.4 Å². The number of hydrogen-bond donors (Lipinski definition) is 0. The first-order valence-electron chi connectivity index (χ1n) is 5.86. The lowest BCUT2D eigenvalue weighted by atomic mass is 10.1. The van der Waals surface area contributed by atoms with Crippen LogP contribution in [0.15, 0.2) is 41.3 Å².